The number of guanidine groups is 1. The van der Waals surface area contributed by atoms with Gasteiger partial charge in [0.25, 0.3) is 0 Å². The molecule has 0 aliphatic rings. The molecule has 0 aromatic carbocycles. The number of carboxylic acid groups (broad SMARTS) is 2. The summed E-state index contributed by atoms with van der Waals surface area (Å²) in [5.41, 5.74) is 21.2. The number of aliphatic carboxylic acids is 2. The van der Waals surface area contributed by atoms with Crippen LogP contribution >= 0.6 is 0 Å². The van der Waals surface area contributed by atoms with Gasteiger partial charge in [-0.15, -0.1) is 0 Å². The van der Waals surface area contributed by atoms with Crippen molar-refractivity contribution in [3.8, 4) is 0 Å². The van der Waals surface area contributed by atoms with Gasteiger partial charge in [-0.3, -0.25) is 29.0 Å². The van der Waals surface area contributed by atoms with E-state index < -0.39 is 72.6 Å². The van der Waals surface area contributed by atoms with Crippen molar-refractivity contribution in [1.29, 1.82) is 0 Å². The minimum absolute atomic E-state index is 0.123. The number of hydrogen-bond acceptors (Lipinski definition) is 8. The monoisotopic (exact) mass is 474 g/mol. The van der Waals surface area contributed by atoms with E-state index in [9.17, 15) is 28.8 Å². The minimum Gasteiger partial charge on any atom is -0.481 e. The molecule has 4 unspecified atom stereocenters. The first-order chi connectivity index (χ1) is 15.2. The van der Waals surface area contributed by atoms with Crippen molar-refractivity contribution in [2.75, 3.05) is 6.54 Å². The van der Waals surface area contributed by atoms with Crippen molar-refractivity contribution in [1.82, 2.24) is 16.0 Å². The minimum atomic E-state index is -1.73. The van der Waals surface area contributed by atoms with Gasteiger partial charge in [0.2, 0.25) is 23.6 Å². The fourth-order valence-corrected chi connectivity index (χ4v) is 2.39. The topological polar surface area (TPSA) is 295 Å². The van der Waals surface area contributed by atoms with Gasteiger partial charge in [-0.05, 0) is 19.8 Å². The lowest BCUT2D eigenvalue weighted by molar-refractivity contribution is -0.147. The van der Waals surface area contributed by atoms with E-state index in [1.807, 2.05) is 5.32 Å². The van der Waals surface area contributed by atoms with Gasteiger partial charge in [0.1, 0.15) is 18.1 Å². The first kappa shape index (κ1) is 29.0. The van der Waals surface area contributed by atoms with Crippen LogP contribution in [0, 0.1) is 0 Å². The predicted octanol–water partition coefficient (Wildman–Crippen LogP) is -4.72. The molecule has 0 saturated heterocycles. The van der Waals surface area contributed by atoms with Gasteiger partial charge in [0.15, 0.2) is 5.96 Å². The third-order valence-electron chi connectivity index (χ3n) is 4.09. The normalized spacial score (nSPS) is 14.0. The molecule has 0 saturated carbocycles. The summed E-state index contributed by atoms with van der Waals surface area (Å²) in [5, 5.41) is 24.1. The smallest absolute Gasteiger partial charge is 0.326 e. The second-order valence-corrected chi connectivity index (χ2v) is 7.01. The summed E-state index contributed by atoms with van der Waals surface area (Å²) in [4.78, 5) is 73.7. The van der Waals surface area contributed by atoms with Gasteiger partial charge < -0.3 is 49.1 Å². The SMILES string of the molecule is CC(NC(=O)C(CC(N)=O)NC(=O)C(N)CCCN=C(N)N)C(=O)NC(CC(=O)O)C(=O)O. The Labute approximate surface area is 188 Å². The van der Waals surface area contributed by atoms with Crippen molar-refractivity contribution in [2.45, 2.75) is 56.8 Å². The number of nitrogens with one attached hydrogen (secondary N) is 3. The fourth-order valence-electron chi connectivity index (χ4n) is 2.39. The predicted molar refractivity (Wildman–Crippen MR) is 113 cm³/mol. The number of carbonyl (C=O) groups is 6. The van der Waals surface area contributed by atoms with Crippen molar-refractivity contribution >= 4 is 41.5 Å². The van der Waals surface area contributed by atoms with E-state index >= 15 is 0 Å². The summed E-state index contributed by atoms with van der Waals surface area (Å²) in [6.45, 7) is 1.41. The second-order valence-electron chi connectivity index (χ2n) is 7.01. The maximum atomic E-state index is 12.5. The van der Waals surface area contributed by atoms with Crippen LogP contribution in [-0.2, 0) is 28.8 Å². The van der Waals surface area contributed by atoms with Crippen LogP contribution in [-0.4, -0.2) is 82.5 Å². The molecule has 0 bridgehead atoms. The molecule has 0 aromatic heterocycles. The quantitative estimate of drug-likeness (QED) is 0.0616. The number of nitrogens with two attached hydrogens (primary N) is 4. The third kappa shape index (κ3) is 12.5. The molecule has 33 heavy (non-hydrogen) atoms. The van der Waals surface area contributed by atoms with E-state index in [0.29, 0.717) is 6.42 Å². The Balaban J connectivity index is 5.03. The molecule has 0 rings (SSSR count). The Morgan fingerprint density at radius 1 is 0.848 bits per heavy atom. The first-order valence-corrected chi connectivity index (χ1v) is 9.69. The molecule has 0 aliphatic heterocycles. The Hall–Kier alpha value is -3.95. The first-order valence-electron chi connectivity index (χ1n) is 9.69. The summed E-state index contributed by atoms with van der Waals surface area (Å²) < 4.78 is 0. The van der Waals surface area contributed by atoms with Crippen molar-refractivity contribution in [3.63, 3.8) is 0 Å². The van der Waals surface area contributed by atoms with E-state index in [1.165, 1.54) is 6.92 Å². The standard InChI is InChI=1S/C17H30N8O8/c1-7(13(29)25-10(16(32)33)6-12(27)28)23-15(31)9(5-11(19)26)24-14(30)8(18)3-2-4-22-17(20)21/h7-10H,2-6,18H2,1H3,(H2,19,26)(H,23,31)(H,24,30)(H,25,29)(H,27,28)(H,32,33)(H4,20,21,22). The zero-order valence-electron chi connectivity index (χ0n) is 17.9. The van der Waals surface area contributed by atoms with Gasteiger partial charge in [0, 0.05) is 6.54 Å². The van der Waals surface area contributed by atoms with Crippen LogP contribution in [0.5, 0.6) is 0 Å². The number of carboxylic acids is 2. The van der Waals surface area contributed by atoms with Crippen molar-refractivity contribution in [2.24, 2.45) is 27.9 Å². The number of carbonyl (C=O) groups excluding carboxylic acids is 4. The van der Waals surface area contributed by atoms with E-state index in [4.69, 9.17) is 33.1 Å². The highest BCUT2D eigenvalue weighted by molar-refractivity contribution is 5.96. The number of primary amides is 1. The second kappa shape index (κ2) is 14.2. The molecule has 0 heterocycles. The Morgan fingerprint density at radius 3 is 1.91 bits per heavy atom. The van der Waals surface area contributed by atoms with Crippen LogP contribution < -0.4 is 38.9 Å². The average Bonchev–Trinajstić information content (AvgIpc) is 2.68. The molecule has 4 atom stereocenters. The molecule has 13 N–H and O–H groups in total. The zero-order chi connectivity index (χ0) is 25.7. The van der Waals surface area contributed by atoms with Crippen molar-refractivity contribution in [3.05, 3.63) is 0 Å². The lowest BCUT2D eigenvalue weighted by Gasteiger charge is -2.22. The fraction of sp³-hybridized carbons (Fsp3) is 0.588. The van der Waals surface area contributed by atoms with Crippen LogP contribution in [0.15, 0.2) is 4.99 Å². The van der Waals surface area contributed by atoms with Gasteiger partial charge in [-0.1, -0.05) is 0 Å². The van der Waals surface area contributed by atoms with Crippen LogP contribution in [0.2, 0.25) is 0 Å². The van der Waals surface area contributed by atoms with Gasteiger partial charge in [0.05, 0.1) is 18.9 Å². The Bertz CT molecular complexity index is 783. The molecule has 16 heteroatoms. The number of hydrogen-bond donors (Lipinski definition) is 9. The van der Waals surface area contributed by atoms with Gasteiger partial charge in [-0.25, -0.2) is 4.79 Å². The highest BCUT2D eigenvalue weighted by atomic mass is 16.4. The largest absolute Gasteiger partial charge is 0.481 e. The molecule has 0 aromatic rings. The molecular formula is C17H30N8O8. The van der Waals surface area contributed by atoms with Crippen molar-refractivity contribution < 1.29 is 39.0 Å². The molecule has 0 radical (unpaired) electrons. The Kier molecular flexibility index (Phi) is 12.5. The summed E-state index contributed by atoms with van der Waals surface area (Å²) in [6.07, 6.45) is -0.976. The third-order valence-corrected chi connectivity index (χ3v) is 4.09. The Morgan fingerprint density at radius 2 is 1.42 bits per heavy atom. The lowest BCUT2D eigenvalue weighted by Crippen LogP contribution is -2.57. The number of rotatable bonds is 15. The summed E-state index contributed by atoms with van der Waals surface area (Å²) >= 11 is 0. The molecule has 0 aliphatic carbocycles. The highest BCUT2D eigenvalue weighted by Gasteiger charge is 2.29. The van der Waals surface area contributed by atoms with Crippen LogP contribution in [0.25, 0.3) is 0 Å². The van der Waals surface area contributed by atoms with E-state index in [2.05, 4.69) is 15.6 Å². The van der Waals surface area contributed by atoms with Gasteiger partial charge >= 0.3 is 11.9 Å². The van der Waals surface area contributed by atoms with Crippen LogP contribution in [0.4, 0.5) is 0 Å². The number of nitrogens with zero attached hydrogens (tertiary/aromatic N) is 1. The molecule has 186 valence electrons. The molecule has 16 nitrogen and oxygen atoms in total. The van der Waals surface area contributed by atoms with E-state index in [0.717, 1.165) is 0 Å². The average molecular weight is 474 g/mol. The number of aliphatic imine (C=N–C) groups is 1. The molecule has 0 spiro atoms. The summed E-state index contributed by atoms with van der Waals surface area (Å²) in [7, 11) is 0. The summed E-state index contributed by atoms with van der Waals surface area (Å²) in [6, 6.07) is -5.60. The zero-order valence-corrected chi connectivity index (χ0v) is 17.9. The number of amides is 4. The van der Waals surface area contributed by atoms with E-state index in [1.54, 1.807) is 0 Å². The van der Waals surface area contributed by atoms with Crippen LogP contribution in [0.3, 0.4) is 0 Å². The van der Waals surface area contributed by atoms with E-state index in [-0.39, 0.29) is 18.9 Å². The maximum absolute atomic E-state index is 12.5. The summed E-state index contributed by atoms with van der Waals surface area (Å²) in [5.74, 6) is -6.84. The van der Waals surface area contributed by atoms with Crippen LogP contribution in [0.1, 0.15) is 32.6 Å². The molecular weight excluding hydrogens is 444 g/mol. The highest BCUT2D eigenvalue weighted by Crippen LogP contribution is 2.00. The maximum Gasteiger partial charge on any atom is 0.326 e. The lowest BCUT2D eigenvalue weighted by atomic mass is 10.1. The van der Waals surface area contributed by atoms with Gasteiger partial charge in [-0.2, -0.15) is 0 Å². The molecule has 0 fully saturated rings. The molecule has 4 amide bonds.